The summed E-state index contributed by atoms with van der Waals surface area (Å²) in [6.45, 7) is 0. The molecular formula is C8H17FNO2P. The number of nitrogens with zero attached hydrogens (tertiary/aromatic N) is 1. The molecule has 0 aromatic carbocycles. The van der Waals surface area contributed by atoms with E-state index in [9.17, 15) is 8.76 Å². The lowest BCUT2D eigenvalue weighted by atomic mass is 9.98. The number of halogens is 1. The standard InChI is InChI=1S/C8H17FNO2P/c1-10(2)13(9,11)12-8-6-4-3-5-7-8/h8H,3-7H2,1-2H3. The molecule has 0 saturated heterocycles. The summed E-state index contributed by atoms with van der Waals surface area (Å²) in [6.07, 6.45) is 4.81. The molecule has 1 fully saturated rings. The summed E-state index contributed by atoms with van der Waals surface area (Å²) in [5, 5.41) is 0. The van der Waals surface area contributed by atoms with Gasteiger partial charge in [0.05, 0.1) is 6.10 Å². The summed E-state index contributed by atoms with van der Waals surface area (Å²) in [7, 11) is -1.13. The molecule has 0 aromatic heterocycles. The van der Waals surface area contributed by atoms with Gasteiger partial charge in [-0.2, -0.15) is 0 Å². The van der Waals surface area contributed by atoms with Crippen LogP contribution in [0.25, 0.3) is 0 Å². The second kappa shape index (κ2) is 4.54. The lowest BCUT2D eigenvalue weighted by Gasteiger charge is -2.25. The molecule has 1 atom stereocenters. The van der Waals surface area contributed by atoms with Crippen LogP contribution in [0.15, 0.2) is 0 Å². The fourth-order valence-corrected chi connectivity index (χ4v) is 2.22. The van der Waals surface area contributed by atoms with Crippen molar-refractivity contribution in [3.63, 3.8) is 0 Å². The number of rotatable bonds is 3. The molecule has 3 nitrogen and oxygen atoms in total. The van der Waals surface area contributed by atoms with Crippen molar-refractivity contribution in [3.05, 3.63) is 0 Å². The Balaban J connectivity index is 2.42. The zero-order chi connectivity index (χ0) is 9.90. The molecule has 0 radical (unpaired) electrons. The Bertz CT molecular complexity index is 204. The highest BCUT2D eigenvalue weighted by Crippen LogP contribution is 2.52. The van der Waals surface area contributed by atoms with Crippen molar-refractivity contribution < 1.29 is 13.3 Å². The van der Waals surface area contributed by atoms with Crippen molar-refractivity contribution in [1.82, 2.24) is 4.67 Å². The second-order valence-electron chi connectivity index (χ2n) is 3.66. The minimum atomic E-state index is -4.00. The molecule has 78 valence electrons. The highest BCUT2D eigenvalue weighted by molar-refractivity contribution is 7.50. The molecule has 0 aromatic rings. The van der Waals surface area contributed by atoms with Gasteiger partial charge in [-0.1, -0.05) is 19.3 Å². The van der Waals surface area contributed by atoms with Gasteiger partial charge in [0.1, 0.15) is 0 Å². The van der Waals surface area contributed by atoms with Gasteiger partial charge in [-0.05, 0) is 26.9 Å². The van der Waals surface area contributed by atoms with Crippen LogP contribution < -0.4 is 0 Å². The molecule has 5 heteroatoms. The van der Waals surface area contributed by atoms with Crippen LogP contribution in [-0.4, -0.2) is 24.9 Å². The molecule has 1 unspecified atom stereocenters. The summed E-state index contributed by atoms with van der Waals surface area (Å²) in [5.74, 6) is 0. The van der Waals surface area contributed by atoms with Gasteiger partial charge in [-0.3, -0.25) is 4.52 Å². The van der Waals surface area contributed by atoms with E-state index in [0.29, 0.717) is 0 Å². The van der Waals surface area contributed by atoms with Crippen LogP contribution in [0.4, 0.5) is 4.20 Å². The van der Waals surface area contributed by atoms with E-state index in [0.717, 1.165) is 30.4 Å². The summed E-state index contributed by atoms with van der Waals surface area (Å²) in [4.78, 5) is 0. The maximum absolute atomic E-state index is 13.3. The molecule has 0 amide bonds. The molecule has 1 aliphatic rings. The Kier molecular flexibility index (Phi) is 3.89. The maximum atomic E-state index is 13.3. The molecule has 13 heavy (non-hydrogen) atoms. The molecule has 1 saturated carbocycles. The van der Waals surface area contributed by atoms with Crippen LogP contribution >= 0.6 is 7.83 Å². The third kappa shape index (κ3) is 3.37. The van der Waals surface area contributed by atoms with Gasteiger partial charge < -0.3 is 0 Å². The molecule has 0 spiro atoms. The van der Waals surface area contributed by atoms with E-state index in [2.05, 4.69) is 0 Å². The minimum absolute atomic E-state index is 0.146. The van der Waals surface area contributed by atoms with Gasteiger partial charge in [0, 0.05) is 0 Å². The highest BCUT2D eigenvalue weighted by atomic mass is 31.2. The number of hydrogen-bond acceptors (Lipinski definition) is 2. The van der Waals surface area contributed by atoms with Crippen molar-refractivity contribution in [2.24, 2.45) is 0 Å². The molecule has 0 aliphatic heterocycles. The first-order chi connectivity index (χ1) is 6.02. The smallest absolute Gasteiger partial charge is 0.290 e. The van der Waals surface area contributed by atoms with Gasteiger partial charge in [0.25, 0.3) is 0 Å². The van der Waals surface area contributed by atoms with Crippen LogP contribution in [0.5, 0.6) is 0 Å². The lowest BCUT2D eigenvalue weighted by Crippen LogP contribution is -2.18. The first kappa shape index (κ1) is 11.2. The van der Waals surface area contributed by atoms with E-state index in [1.54, 1.807) is 0 Å². The van der Waals surface area contributed by atoms with Gasteiger partial charge in [0.2, 0.25) is 0 Å². The molecule has 0 heterocycles. The first-order valence-corrected chi connectivity index (χ1v) is 6.15. The molecule has 1 aliphatic carbocycles. The van der Waals surface area contributed by atoms with Gasteiger partial charge in [0.15, 0.2) is 0 Å². The van der Waals surface area contributed by atoms with Crippen LogP contribution in [0.3, 0.4) is 0 Å². The van der Waals surface area contributed by atoms with Crippen molar-refractivity contribution in [2.75, 3.05) is 14.1 Å². The summed E-state index contributed by atoms with van der Waals surface area (Å²) in [5.41, 5.74) is 0. The normalized spacial score (nSPS) is 24.6. The molecule has 0 N–H and O–H groups in total. The lowest BCUT2D eigenvalue weighted by molar-refractivity contribution is 0.130. The SMILES string of the molecule is CN(C)P(=O)(F)OC1CCCCC1. The number of hydrogen-bond donors (Lipinski definition) is 0. The molecule has 1 rings (SSSR count). The van der Waals surface area contributed by atoms with Gasteiger partial charge in [-0.15, -0.1) is 4.20 Å². The third-order valence-electron chi connectivity index (χ3n) is 2.31. The van der Waals surface area contributed by atoms with Crippen molar-refractivity contribution in [3.8, 4) is 0 Å². The van der Waals surface area contributed by atoms with Crippen molar-refractivity contribution in [1.29, 1.82) is 0 Å². The van der Waals surface area contributed by atoms with Crippen molar-refractivity contribution in [2.45, 2.75) is 38.2 Å². The van der Waals surface area contributed by atoms with E-state index in [1.165, 1.54) is 20.5 Å². The van der Waals surface area contributed by atoms with Crippen LogP contribution in [0.1, 0.15) is 32.1 Å². The summed E-state index contributed by atoms with van der Waals surface area (Å²) in [6, 6.07) is 0. The predicted octanol–water partition coefficient (Wildman–Crippen LogP) is 2.97. The monoisotopic (exact) mass is 209 g/mol. The highest BCUT2D eigenvalue weighted by Gasteiger charge is 2.30. The van der Waals surface area contributed by atoms with Gasteiger partial charge in [-0.25, -0.2) is 9.24 Å². The summed E-state index contributed by atoms with van der Waals surface area (Å²) >= 11 is 0. The second-order valence-corrected chi connectivity index (χ2v) is 5.58. The Labute approximate surface area is 78.9 Å². The summed E-state index contributed by atoms with van der Waals surface area (Å²) < 4.78 is 30.5. The molecule has 0 bridgehead atoms. The average Bonchev–Trinajstić information content (AvgIpc) is 2.05. The Morgan fingerprint density at radius 2 is 1.85 bits per heavy atom. The Morgan fingerprint density at radius 3 is 2.31 bits per heavy atom. The minimum Gasteiger partial charge on any atom is -0.290 e. The topological polar surface area (TPSA) is 29.5 Å². The van der Waals surface area contributed by atoms with Crippen LogP contribution in [-0.2, 0) is 9.09 Å². The van der Waals surface area contributed by atoms with Gasteiger partial charge >= 0.3 is 7.83 Å². The van der Waals surface area contributed by atoms with E-state index < -0.39 is 7.83 Å². The fourth-order valence-electron chi connectivity index (χ4n) is 1.45. The zero-order valence-electron chi connectivity index (χ0n) is 8.20. The quantitative estimate of drug-likeness (QED) is 0.669. The zero-order valence-corrected chi connectivity index (χ0v) is 9.10. The van der Waals surface area contributed by atoms with E-state index in [1.807, 2.05) is 0 Å². The molecular weight excluding hydrogens is 192 g/mol. The van der Waals surface area contributed by atoms with E-state index >= 15 is 0 Å². The third-order valence-corrected chi connectivity index (χ3v) is 3.82. The fraction of sp³-hybridized carbons (Fsp3) is 1.00. The Hall–Kier alpha value is 0.0800. The van der Waals surface area contributed by atoms with E-state index in [4.69, 9.17) is 4.52 Å². The average molecular weight is 209 g/mol. The maximum Gasteiger partial charge on any atom is 0.445 e. The van der Waals surface area contributed by atoms with Crippen LogP contribution in [0, 0.1) is 0 Å². The Morgan fingerprint density at radius 1 is 1.31 bits per heavy atom. The van der Waals surface area contributed by atoms with Crippen molar-refractivity contribution >= 4 is 7.83 Å². The van der Waals surface area contributed by atoms with E-state index in [-0.39, 0.29) is 6.10 Å². The largest absolute Gasteiger partial charge is 0.445 e. The van der Waals surface area contributed by atoms with Crippen LogP contribution in [0.2, 0.25) is 0 Å². The first-order valence-electron chi connectivity index (χ1n) is 4.68. The predicted molar refractivity (Wildman–Crippen MR) is 50.4 cm³/mol.